The van der Waals surface area contributed by atoms with Crippen LogP contribution in [0.2, 0.25) is 0 Å². The topological polar surface area (TPSA) is 64.4 Å². The molecule has 0 saturated heterocycles. The minimum Gasteiger partial charge on any atom is -0.492 e. The Morgan fingerprint density at radius 1 is 1.24 bits per heavy atom. The molecule has 0 aromatic heterocycles. The molecule has 0 spiro atoms. The summed E-state index contributed by atoms with van der Waals surface area (Å²) in [4.78, 5) is 10.1. The van der Waals surface area contributed by atoms with Crippen molar-refractivity contribution in [2.75, 3.05) is 13.2 Å². The summed E-state index contributed by atoms with van der Waals surface area (Å²) in [5, 5.41) is 14.1. The first-order chi connectivity index (χ1) is 10.2. The largest absolute Gasteiger partial charge is 0.492 e. The summed E-state index contributed by atoms with van der Waals surface area (Å²) in [5.74, 6) is 1.59. The monoisotopic (exact) mass is 292 g/mol. The molecule has 0 radical (unpaired) electrons. The van der Waals surface area contributed by atoms with Gasteiger partial charge in [-0.05, 0) is 43.7 Å². The highest BCUT2D eigenvalue weighted by molar-refractivity contribution is 5.35. The van der Waals surface area contributed by atoms with Crippen molar-refractivity contribution in [3.8, 4) is 5.75 Å². The molecule has 0 heterocycles. The lowest BCUT2D eigenvalue weighted by Crippen LogP contribution is -2.35. The van der Waals surface area contributed by atoms with Crippen molar-refractivity contribution < 1.29 is 9.66 Å². The summed E-state index contributed by atoms with van der Waals surface area (Å²) in [7, 11) is 0. The van der Waals surface area contributed by atoms with E-state index in [0.717, 1.165) is 12.5 Å². The Bertz CT molecular complexity index is 439. The van der Waals surface area contributed by atoms with Crippen LogP contribution >= 0.6 is 0 Å². The molecule has 1 aliphatic rings. The van der Waals surface area contributed by atoms with Crippen LogP contribution in [0.5, 0.6) is 5.75 Å². The number of hydrogen-bond donors (Lipinski definition) is 1. The zero-order chi connectivity index (χ0) is 15.1. The number of nitro groups is 1. The summed E-state index contributed by atoms with van der Waals surface area (Å²) in [6.45, 7) is 3.68. The summed E-state index contributed by atoms with van der Waals surface area (Å²) >= 11 is 0. The van der Waals surface area contributed by atoms with Gasteiger partial charge in [0.15, 0.2) is 0 Å². The van der Waals surface area contributed by atoms with Crippen molar-refractivity contribution in [1.82, 2.24) is 5.32 Å². The predicted molar refractivity (Wildman–Crippen MR) is 82.6 cm³/mol. The first-order valence-electron chi connectivity index (χ1n) is 7.79. The molecule has 0 aliphatic heterocycles. The Hall–Kier alpha value is -1.62. The lowest BCUT2D eigenvalue weighted by Gasteiger charge is -2.28. The number of nitrogens with one attached hydrogen (secondary N) is 1. The van der Waals surface area contributed by atoms with Crippen LogP contribution in [-0.4, -0.2) is 24.1 Å². The van der Waals surface area contributed by atoms with Gasteiger partial charge in [-0.3, -0.25) is 10.1 Å². The Kier molecular flexibility index (Phi) is 5.99. The minimum atomic E-state index is -0.405. The van der Waals surface area contributed by atoms with Gasteiger partial charge in [0.1, 0.15) is 12.4 Å². The van der Waals surface area contributed by atoms with Gasteiger partial charge in [0.05, 0.1) is 4.92 Å². The molecule has 1 N–H and O–H groups in total. The standard InChI is InChI=1S/C16H24N2O3/c1-2-13-3-5-14(6-4-13)17-11-12-21-16-9-7-15(8-10-16)18(19)20/h7-10,13-14,17H,2-6,11-12H2,1H3. The van der Waals surface area contributed by atoms with Crippen LogP contribution in [0.3, 0.4) is 0 Å². The highest BCUT2D eigenvalue weighted by Crippen LogP contribution is 2.26. The fourth-order valence-corrected chi connectivity index (χ4v) is 2.87. The SMILES string of the molecule is CCC1CCC(NCCOc2ccc([N+](=O)[O-])cc2)CC1. The molecule has 1 aromatic carbocycles. The van der Waals surface area contributed by atoms with Crippen LogP contribution in [-0.2, 0) is 0 Å². The molecule has 21 heavy (non-hydrogen) atoms. The number of hydrogen-bond acceptors (Lipinski definition) is 4. The maximum absolute atomic E-state index is 10.5. The fraction of sp³-hybridized carbons (Fsp3) is 0.625. The van der Waals surface area contributed by atoms with E-state index in [9.17, 15) is 10.1 Å². The number of nitrogens with zero attached hydrogens (tertiary/aromatic N) is 1. The smallest absolute Gasteiger partial charge is 0.269 e. The lowest BCUT2D eigenvalue weighted by molar-refractivity contribution is -0.384. The molecule has 5 nitrogen and oxygen atoms in total. The second kappa shape index (κ2) is 7.98. The van der Waals surface area contributed by atoms with E-state index in [0.29, 0.717) is 18.4 Å². The van der Waals surface area contributed by atoms with Gasteiger partial charge < -0.3 is 10.1 Å². The van der Waals surface area contributed by atoms with Gasteiger partial charge in [0.25, 0.3) is 5.69 Å². The predicted octanol–water partition coefficient (Wildman–Crippen LogP) is 3.53. The summed E-state index contributed by atoms with van der Waals surface area (Å²) in [5.41, 5.74) is 0.0909. The summed E-state index contributed by atoms with van der Waals surface area (Å²) in [6.07, 6.45) is 6.48. The molecule has 2 rings (SSSR count). The van der Waals surface area contributed by atoms with Crippen molar-refractivity contribution in [2.24, 2.45) is 5.92 Å². The van der Waals surface area contributed by atoms with Crippen molar-refractivity contribution in [2.45, 2.75) is 45.1 Å². The lowest BCUT2D eigenvalue weighted by atomic mass is 9.84. The van der Waals surface area contributed by atoms with Gasteiger partial charge >= 0.3 is 0 Å². The average Bonchev–Trinajstić information content (AvgIpc) is 2.52. The van der Waals surface area contributed by atoms with Crippen molar-refractivity contribution >= 4 is 5.69 Å². The van der Waals surface area contributed by atoms with Gasteiger partial charge in [0, 0.05) is 24.7 Å². The summed E-state index contributed by atoms with van der Waals surface area (Å²) < 4.78 is 5.59. The normalized spacial score (nSPS) is 22.0. The molecule has 0 bridgehead atoms. The molecule has 1 aliphatic carbocycles. The van der Waals surface area contributed by atoms with E-state index in [2.05, 4.69) is 12.2 Å². The average molecular weight is 292 g/mol. The third kappa shape index (κ3) is 5.01. The number of benzene rings is 1. The molecule has 5 heteroatoms. The number of ether oxygens (including phenoxy) is 1. The van der Waals surface area contributed by atoms with Crippen LogP contribution in [0, 0.1) is 16.0 Å². The number of nitro benzene ring substituents is 1. The van der Waals surface area contributed by atoms with Crippen LogP contribution in [0.1, 0.15) is 39.0 Å². The number of non-ortho nitro benzene ring substituents is 1. The van der Waals surface area contributed by atoms with Gasteiger partial charge in [-0.2, -0.15) is 0 Å². The van der Waals surface area contributed by atoms with Crippen LogP contribution < -0.4 is 10.1 Å². The zero-order valence-electron chi connectivity index (χ0n) is 12.6. The van der Waals surface area contributed by atoms with Crippen LogP contribution in [0.15, 0.2) is 24.3 Å². The van der Waals surface area contributed by atoms with E-state index in [1.165, 1.54) is 44.2 Å². The van der Waals surface area contributed by atoms with E-state index in [-0.39, 0.29) is 5.69 Å². The molecule has 1 saturated carbocycles. The van der Waals surface area contributed by atoms with Crippen molar-refractivity contribution in [3.63, 3.8) is 0 Å². The molecule has 1 aromatic rings. The third-order valence-electron chi connectivity index (χ3n) is 4.28. The maximum atomic E-state index is 10.5. The zero-order valence-corrected chi connectivity index (χ0v) is 12.6. The van der Waals surface area contributed by atoms with Crippen LogP contribution in [0.25, 0.3) is 0 Å². The van der Waals surface area contributed by atoms with Crippen LogP contribution in [0.4, 0.5) is 5.69 Å². The molecule has 0 unspecified atom stereocenters. The molecule has 0 amide bonds. The Labute approximate surface area is 125 Å². The number of rotatable bonds is 7. The molecular formula is C16H24N2O3. The van der Waals surface area contributed by atoms with E-state index in [4.69, 9.17) is 4.74 Å². The van der Waals surface area contributed by atoms with Crippen molar-refractivity contribution in [3.05, 3.63) is 34.4 Å². The summed E-state index contributed by atoms with van der Waals surface area (Å²) in [6, 6.07) is 6.84. The quantitative estimate of drug-likeness (QED) is 0.474. The maximum Gasteiger partial charge on any atom is 0.269 e. The second-order valence-corrected chi connectivity index (χ2v) is 5.68. The minimum absolute atomic E-state index is 0.0909. The Morgan fingerprint density at radius 3 is 2.48 bits per heavy atom. The van der Waals surface area contributed by atoms with Gasteiger partial charge in [0.2, 0.25) is 0 Å². The van der Waals surface area contributed by atoms with Gasteiger partial charge in [-0.1, -0.05) is 13.3 Å². The molecule has 1 fully saturated rings. The van der Waals surface area contributed by atoms with E-state index in [1.807, 2.05) is 0 Å². The van der Waals surface area contributed by atoms with E-state index < -0.39 is 4.92 Å². The van der Waals surface area contributed by atoms with Crippen molar-refractivity contribution in [1.29, 1.82) is 0 Å². The molecule has 0 atom stereocenters. The molecule has 116 valence electrons. The van der Waals surface area contributed by atoms with Gasteiger partial charge in [-0.25, -0.2) is 0 Å². The first-order valence-corrected chi connectivity index (χ1v) is 7.79. The Balaban J connectivity index is 1.62. The Morgan fingerprint density at radius 2 is 1.90 bits per heavy atom. The highest BCUT2D eigenvalue weighted by atomic mass is 16.6. The first kappa shape index (κ1) is 15.8. The van der Waals surface area contributed by atoms with Gasteiger partial charge in [-0.15, -0.1) is 0 Å². The highest BCUT2D eigenvalue weighted by Gasteiger charge is 2.19. The molecular weight excluding hydrogens is 268 g/mol. The van der Waals surface area contributed by atoms with E-state index >= 15 is 0 Å². The fourth-order valence-electron chi connectivity index (χ4n) is 2.87. The third-order valence-corrected chi connectivity index (χ3v) is 4.28. The van der Waals surface area contributed by atoms with E-state index in [1.54, 1.807) is 12.1 Å². The second-order valence-electron chi connectivity index (χ2n) is 5.68.